The predicted octanol–water partition coefficient (Wildman–Crippen LogP) is 2.79. The van der Waals surface area contributed by atoms with E-state index in [1.165, 1.54) is 12.1 Å². The van der Waals surface area contributed by atoms with E-state index in [-0.39, 0.29) is 12.3 Å². The lowest BCUT2D eigenvalue weighted by atomic mass is 10.2. The molecule has 8 heteroatoms. The van der Waals surface area contributed by atoms with Gasteiger partial charge in [0.15, 0.2) is 0 Å². The summed E-state index contributed by atoms with van der Waals surface area (Å²) in [5, 5.41) is 31.2. The Hall–Kier alpha value is -3.26. The third-order valence-corrected chi connectivity index (χ3v) is 3.58. The van der Waals surface area contributed by atoms with Crippen molar-refractivity contribution < 1.29 is 14.4 Å². The number of nitrogens with zero attached hydrogens (tertiary/aromatic N) is 3. The van der Waals surface area contributed by atoms with E-state index in [4.69, 9.17) is 4.42 Å². The van der Waals surface area contributed by atoms with Gasteiger partial charge in [-0.3, -0.25) is 10.1 Å². The van der Waals surface area contributed by atoms with Crippen LogP contribution in [0.5, 0.6) is 0 Å². The van der Waals surface area contributed by atoms with E-state index in [1.807, 2.05) is 30.3 Å². The topological polar surface area (TPSA) is 114 Å². The molecule has 2 aromatic carbocycles. The van der Waals surface area contributed by atoms with Gasteiger partial charge in [-0.25, -0.2) is 0 Å². The molecular weight excluding hydrogens is 324 g/mol. The van der Waals surface area contributed by atoms with Crippen LogP contribution < -0.4 is 5.32 Å². The summed E-state index contributed by atoms with van der Waals surface area (Å²) in [6.07, 6.45) is 0.417. The van der Waals surface area contributed by atoms with E-state index in [0.717, 1.165) is 5.56 Å². The Morgan fingerprint density at radius 1 is 1.16 bits per heavy atom. The molecule has 3 rings (SSSR count). The summed E-state index contributed by atoms with van der Waals surface area (Å²) in [6, 6.07) is 13.9. The van der Waals surface area contributed by atoms with Gasteiger partial charge < -0.3 is 14.8 Å². The molecule has 0 radical (unpaired) electrons. The van der Waals surface area contributed by atoms with Crippen LogP contribution in [0.1, 0.15) is 11.5 Å². The summed E-state index contributed by atoms with van der Waals surface area (Å²) < 4.78 is 5.59. The number of nitrogens with one attached hydrogen (secondary N) is 1. The maximum atomic E-state index is 11.1. The molecule has 0 amide bonds. The molecule has 0 bridgehead atoms. The molecule has 0 fully saturated rings. The molecule has 2 N–H and O–H groups in total. The van der Waals surface area contributed by atoms with Crippen LogP contribution in [-0.4, -0.2) is 26.8 Å². The second-order valence-corrected chi connectivity index (χ2v) is 5.31. The number of hydrogen-bond donors (Lipinski definition) is 2. The van der Waals surface area contributed by atoms with Crippen LogP contribution in [0.2, 0.25) is 0 Å². The minimum absolute atomic E-state index is 0.0484. The van der Waals surface area contributed by atoms with E-state index >= 15 is 0 Å². The Morgan fingerprint density at radius 2 is 1.96 bits per heavy atom. The minimum Gasteiger partial charge on any atom is -0.421 e. The maximum absolute atomic E-state index is 11.1. The van der Waals surface area contributed by atoms with Gasteiger partial charge in [-0.15, -0.1) is 10.2 Å². The van der Waals surface area contributed by atoms with Gasteiger partial charge in [-0.2, -0.15) is 0 Å². The number of hydrogen-bond acceptors (Lipinski definition) is 7. The zero-order chi connectivity index (χ0) is 17.6. The highest BCUT2D eigenvalue weighted by Crippen LogP contribution is 2.25. The average molecular weight is 340 g/mol. The molecule has 0 saturated carbocycles. The Labute approximate surface area is 143 Å². The molecule has 1 aromatic heterocycles. The van der Waals surface area contributed by atoms with E-state index in [1.54, 1.807) is 6.07 Å². The highest BCUT2D eigenvalue weighted by molar-refractivity contribution is 5.62. The van der Waals surface area contributed by atoms with Gasteiger partial charge in [0, 0.05) is 24.6 Å². The predicted molar refractivity (Wildman–Crippen MR) is 90.9 cm³/mol. The van der Waals surface area contributed by atoms with E-state index in [2.05, 4.69) is 15.5 Å². The van der Waals surface area contributed by atoms with Crippen LogP contribution in [0.3, 0.4) is 0 Å². The van der Waals surface area contributed by atoms with Crippen LogP contribution >= 0.6 is 0 Å². The maximum Gasteiger partial charge on any atom is 0.292 e. The first-order chi connectivity index (χ1) is 12.2. The van der Waals surface area contributed by atoms with Gasteiger partial charge in [0.1, 0.15) is 5.69 Å². The Morgan fingerprint density at radius 3 is 2.68 bits per heavy atom. The number of benzene rings is 2. The summed E-state index contributed by atoms with van der Waals surface area (Å²) in [6.45, 7) is 0.197. The summed E-state index contributed by atoms with van der Waals surface area (Å²) in [7, 11) is 0. The first-order valence-electron chi connectivity index (χ1n) is 7.67. The molecule has 0 unspecified atom stereocenters. The van der Waals surface area contributed by atoms with Crippen molar-refractivity contribution in [3.05, 3.63) is 70.1 Å². The van der Waals surface area contributed by atoms with Gasteiger partial charge in [-0.1, -0.05) is 18.2 Å². The lowest BCUT2D eigenvalue weighted by molar-refractivity contribution is -0.384. The number of aliphatic hydroxyl groups is 1. The number of aromatic nitrogens is 2. The van der Waals surface area contributed by atoms with Gasteiger partial charge in [0.05, 0.1) is 11.5 Å². The molecule has 1 heterocycles. The van der Waals surface area contributed by atoms with Gasteiger partial charge >= 0.3 is 0 Å². The van der Waals surface area contributed by atoms with E-state index in [9.17, 15) is 15.2 Å². The fourth-order valence-electron chi connectivity index (χ4n) is 2.34. The van der Waals surface area contributed by atoms with Crippen LogP contribution in [0.15, 0.2) is 52.9 Å². The molecule has 0 aliphatic heterocycles. The monoisotopic (exact) mass is 340 g/mol. The molecule has 0 atom stereocenters. The van der Waals surface area contributed by atoms with Crippen molar-refractivity contribution in [3.63, 3.8) is 0 Å². The van der Waals surface area contributed by atoms with Gasteiger partial charge in [0.2, 0.25) is 11.8 Å². The quantitative estimate of drug-likeness (QED) is 0.502. The third kappa shape index (κ3) is 3.99. The molecule has 0 saturated heterocycles. The standard InChI is InChI=1S/C17H16N4O4/c22-11-12-6-7-15(21(23)24)14(10-12)18-9-8-16-19-20-17(25-16)13-4-2-1-3-5-13/h1-7,10,18,22H,8-9,11H2. The van der Waals surface area contributed by atoms with Crippen molar-refractivity contribution in [2.75, 3.05) is 11.9 Å². The number of aliphatic hydroxyl groups excluding tert-OH is 1. The molecule has 25 heavy (non-hydrogen) atoms. The normalized spacial score (nSPS) is 10.6. The lowest BCUT2D eigenvalue weighted by Gasteiger charge is -2.07. The largest absolute Gasteiger partial charge is 0.421 e. The molecule has 0 aliphatic carbocycles. The van der Waals surface area contributed by atoms with Gasteiger partial charge in [0.25, 0.3) is 5.69 Å². The fraction of sp³-hybridized carbons (Fsp3) is 0.176. The summed E-state index contributed by atoms with van der Waals surface area (Å²) in [5.74, 6) is 0.871. The molecule has 0 spiro atoms. The molecule has 8 nitrogen and oxygen atoms in total. The first-order valence-corrected chi connectivity index (χ1v) is 7.67. The third-order valence-electron chi connectivity index (χ3n) is 3.58. The Kier molecular flexibility index (Phi) is 5.00. The van der Waals surface area contributed by atoms with Gasteiger partial charge in [-0.05, 0) is 29.8 Å². The highest BCUT2D eigenvalue weighted by atomic mass is 16.6. The lowest BCUT2D eigenvalue weighted by Crippen LogP contribution is -2.07. The zero-order valence-electron chi connectivity index (χ0n) is 13.3. The van der Waals surface area contributed by atoms with Crippen molar-refractivity contribution >= 4 is 11.4 Å². The molecular formula is C17H16N4O4. The van der Waals surface area contributed by atoms with Crippen molar-refractivity contribution in [2.45, 2.75) is 13.0 Å². The van der Waals surface area contributed by atoms with E-state index in [0.29, 0.717) is 36.0 Å². The van der Waals surface area contributed by atoms with Crippen LogP contribution in [0, 0.1) is 10.1 Å². The second kappa shape index (κ2) is 7.54. The summed E-state index contributed by atoms with van der Waals surface area (Å²) in [5.41, 5.74) is 1.73. The smallest absolute Gasteiger partial charge is 0.292 e. The molecule has 3 aromatic rings. The first kappa shape index (κ1) is 16.6. The van der Waals surface area contributed by atoms with Crippen molar-refractivity contribution in [1.29, 1.82) is 0 Å². The second-order valence-electron chi connectivity index (χ2n) is 5.31. The minimum atomic E-state index is -0.469. The van der Waals surface area contributed by atoms with Crippen molar-refractivity contribution in [2.24, 2.45) is 0 Å². The Bertz CT molecular complexity index is 864. The number of nitro benzene ring substituents is 1. The summed E-state index contributed by atoms with van der Waals surface area (Å²) >= 11 is 0. The van der Waals surface area contributed by atoms with Crippen LogP contribution in [0.4, 0.5) is 11.4 Å². The highest BCUT2D eigenvalue weighted by Gasteiger charge is 2.14. The number of anilines is 1. The van der Waals surface area contributed by atoms with Crippen LogP contribution in [-0.2, 0) is 13.0 Å². The van der Waals surface area contributed by atoms with Crippen molar-refractivity contribution in [3.8, 4) is 11.5 Å². The van der Waals surface area contributed by atoms with Crippen molar-refractivity contribution in [1.82, 2.24) is 10.2 Å². The summed E-state index contributed by atoms with van der Waals surface area (Å²) in [4.78, 5) is 10.6. The Balaban J connectivity index is 1.65. The zero-order valence-corrected chi connectivity index (χ0v) is 13.3. The van der Waals surface area contributed by atoms with E-state index < -0.39 is 4.92 Å². The average Bonchev–Trinajstić information content (AvgIpc) is 3.11. The number of rotatable bonds is 7. The number of nitro groups is 1. The molecule has 0 aliphatic rings. The fourth-order valence-corrected chi connectivity index (χ4v) is 2.34. The SMILES string of the molecule is O=[N+]([O-])c1ccc(CO)cc1NCCc1nnc(-c2ccccc2)o1. The van der Waals surface area contributed by atoms with Crippen LogP contribution in [0.25, 0.3) is 11.5 Å². The molecule has 128 valence electrons.